The molecule has 3 amide bonds. The number of nitrogens with zero attached hydrogens (tertiary/aromatic N) is 3. The molecule has 1 saturated heterocycles. The van der Waals surface area contributed by atoms with Crippen molar-refractivity contribution in [1.29, 1.82) is 0 Å². The van der Waals surface area contributed by atoms with Gasteiger partial charge >= 0.3 is 6.03 Å². The lowest BCUT2D eigenvalue weighted by atomic mass is 9.87. The lowest BCUT2D eigenvalue weighted by Crippen LogP contribution is -2.48. The fourth-order valence-electron chi connectivity index (χ4n) is 5.68. The Labute approximate surface area is 243 Å². The summed E-state index contributed by atoms with van der Waals surface area (Å²) in [4.78, 5) is 32.2. The lowest BCUT2D eigenvalue weighted by molar-refractivity contribution is 0.102. The van der Waals surface area contributed by atoms with E-state index in [1.807, 2.05) is 60.0 Å². The van der Waals surface area contributed by atoms with Gasteiger partial charge < -0.3 is 20.0 Å². The lowest BCUT2D eigenvalue weighted by Gasteiger charge is -2.38. The molecule has 2 aromatic rings. The molecule has 1 aliphatic rings. The van der Waals surface area contributed by atoms with E-state index in [4.69, 9.17) is 0 Å². The summed E-state index contributed by atoms with van der Waals surface area (Å²) in [6.45, 7) is 20.6. The van der Waals surface area contributed by atoms with Gasteiger partial charge in [0, 0.05) is 50.0 Å². The molecular weight excluding hydrogens is 496 g/mol. The number of amides is 3. The monoisotopic (exact) mass is 548 g/mol. The molecule has 0 aliphatic carbocycles. The van der Waals surface area contributed by atoms with Crippen molar-refractivity contribution in [3.05, 3.63) is 65.2 Å². The topological polar surface area (TPSA) is 55.9 Å². The standard InChI is InChI=1S/C34H52N4O2/c1-8-20-38(25-27-18-21-37(22-19-27)33(40)36(9-2)10-3)26(4)23-28-12-11-13-31(24-28)35-32(39)29-14-16-30(17-15-29)34(5,6)7/h11-17,24,26-27H,8-10,18-23,25H2,1-7H3,(H,35,39). The summed E-state index contributed by atoms with van der Waals surface area (Å²) in [5.74, 6) is 0.536. The molecular formula is C34H52N4O2. The van der Waals surface area contributed by atoms with Gasteiger partial charge in [-0.15, -0.1) is 0 Å². The Kier molecular flexibility index (Phi) is 11.6. The number of anilines is 1. The van der Waals surface area contributed by atoms with E-state index in [0.29, 0.717) is 17.5 Å². The largest absolute Gasteiger partial charge is 0.325 e. The number of hydrogen-bond acceptors (Lipinski definition) is 3. The zero-order chi connectivity index (χ0) is 29.3. The molecule has 3 rings (SSSR count). The van der Waals surface area contributed by atoms with Crippen LogP contribution in [0.25, 0.3) is 0 Å². The third-order valence-electron chi connectivity index (χ3n) is 8.27. The number of urea groups is 1. The van der Waals surface area contributed by atoms with Crippen molar-refractivity contribution in [3.63, 3.8) is 0 Å². The Hall–Kier alpha value is -2.86. The van der Waals surface area contributed by atoms with Gasteiger partial charge in [-0.05, 0) is 99.7 Å². The molecule has 1 unspecified atom stereocenters. The first-order valence-electron chi connectivity index (χ1n) is 15.3. The van der Waals surface area contributed by atoms with Crippen LogP contribution >= 0.6 is 0 Å². The normalized spacial score (nSPS) is 15.2. The predicted octanol–water partition coefficient (Wildman–Crippen LogP) is 7.05. The Morgan fingerprint density at radius 2 is 1.65 bits per heavy atom. The van der Waals surface area contributed by atoms with Crippen molar-refractivity contribution in [2.75, 3.05) is 44.6 Å². The Morgan fingerprint density at radius 1 is 1.00 bits per heavy atom. The zero-order valence-corrected chi connectivity index (χ0v) is 26.0. The number of hydrogen-bond donors (Lipinski definition) is 1. The average Bonchev–Trinajstić information content (AvgIpc) is 2.93. The van der Waals surface area contributed by atoms with Crippen LogP contribution in [0.5, 0.6) is 0 Å². The fraction of sp³-hybridized carbons (Fsp3) is 0.588. The van der Waals surface area contributed by atoms with Crippen LogP contribution in [0.3, 0.4) is 0 Å². The molecule has 1 atom stereocenters. The average molecular weight is 549 g/mol. The van der Waals surface area contributed by atoms with Gasteiger partial charge in [-0.25, -0.2) is 4.79 Å². The molecule has 0 saturated carbocycles. The minimum Gasteiger partial charge on any atom is -0.325 e. The molecule has 6 nitrogen and oxygen atoms in total. The first-order chi connectivity index (χ1) is 19.0. The van der Waals surface area contributed by atoms with Crippen molar-refractivity contribution in [2.24, 2.45) is 5.92 Å². The van der Waals surface area contributed by atoms with E-state index in [-0.39, 0.29) is 17.4 Å². The van der Waals surface area contributed by atoms with Gasteiger partial charge in [-0.2, -0.15) is 0 Å². The highest BCUT2D eigenvalue weighted by Crippen LogP contribution is 2.24. The number of carbonyl (C=O) groups is 2. The summed E-state index contributed by atoms with van der Waals surface area (Å²) >= 11 is 0. The molecule has 0 spiro atoms. The summed E-state index contributed by atoms with van der Waals surface area (Å²) in [6.07, 6.45) is 4.19. The van der Waals surface area contributed by atoms with E-state index in [9.17, 15) is 9.59 Å². The Bertz CT molecular complexity index is 1080. The van der Waals surface area contributed by atoms with Crippen molar-refractivity contribution < 1.29 is 9.59 Å². The van der Waals surface area contributed by atoms with Crippen LogP contribution < -0.4 is 5.32 Å². The predicted molar refractivity (Wildman–Crippen MR) is 167 cm³/mol. The number of piperidine rings is 1. The van der Waals surface area contributed by atoms with Gasteiger partial charge in [0.1, 0.15) is 0 Å². The second-order valence-corrected chi connectivity index (χ2v) is 12.4. The maximum atomic E-state index is 12.9. The van der Waals surface area contributed by atoms with Crippen LogP contribution in [-0.2, 0) is 11.8 Å². The number of likely N-dealkylation sites (tertiary alicyclic amines) is 1. The van der Waals surface area contributed by atoms with Crippen molar-refractivity contribution in [1.82, 2.24) is 14.7 Å². The van der Waals surface area contributed by atoms with E-state index >= 15 is 0 Å². The quantitative estimate of drug-likeness (QED) is 0.327. The number of nitrogens with one attached hydrogen (secondary N) is 1. The van der Waals surface area contributed by atoms with Gasteiger partial charge in [0.25, 0.3) is 5.91 Å². The summed E-state index contributed by atoms with van der Waals surface area (Å²) in [5.41, 5.74) is 4.02. The Morgan fingerprint density at radius 3 is 2.23 bits per heavy atom. The van der Waals surface area contributed by atoms with E-state index in [1.54, 1.807) is 0 Å². The van der Waals surface area contributed by atoms with Crippen LogP contribution in [0.1, 0.15) is 89.2 Å². The molecule has 1 aliphatic heterocycles. The van der Waals surface area contributed by atoms with Crippen LogP contribution in [0.15, 0.2) is 48.5 Å². The minimum atomic E-state index is -0.0796. The van der Waals surface area contributed by atoms with E-state index < -0.39 is 0 Å². The maximum Gasteiger partial charge on any atom is 0.319 e. The Balaban J connectivity index is 1.56. The van der Waals surface area contributed by atoms with Gasteiger partial charge in [0.15, 0.2) is 0 Å². The van der Waals surface area contributed by atoms with Crippen molar-refractivity contribution in [2.45, 2.75) is 85.6 Å². The molecule has 220 valence electrons. The summed E-state index contributed by atoms with van der Waals surface area (Å²) < 4.78 is 0. The van der Waals surface area contributed by atoms with Crippen LogP contribution in [0.2, 0.25) is 0 Å². The summed E-state index contributed by atoms with van der Waals surface area (Å²) in [7, 11) is 0. The number of benzene rings is 2. The highest BCUT2D eigenvalue weighted by Gasteiger charge is 2.27. The molecule has 1 N–H and O–H groups in total. The first kappa shape index (κ1) is 31.7. The molecule has 2 aromatic carbocycles. The second-order valence-electron chi connectivity index (χ2n) is 12.4. The molecule has 6 heteroatoms. The van der Waals surface area contributed by atoms with E-state index in [1.165, 1.54) is 11.1 Å². The third-order valence-corrected chi connectivity index (χ3v) is 8.27. The third kappa shape index (κ3) is 8.82. The van der Waals surface area contributed by atoms with Crippen LogP contribution in [0.4, 0.5) is 10.5 Å². The molecule has 1 heterocycles. The molecule has 1 fully saturated rings. The molecule has 0 bridgehead atoms. The fourth-order valence-corrected chi connectivity index (χ4v) is 5.68. The van der Waals surface area contributed by atoms with E-state index in [2.05, 4.69) is 57.0 Å². The molecule has 0 aromatic heterocycles. The van der Waals surface area contributed by atoms with Gasteiger partial charge in [-0.1, -0.05) is 52.0 Å². The van der Waals surface area contributed by atoms with Gasteiger partial charge in [0.2, 0.25) is 0 Å². The summed E-state index contributed by atoms with van der Waals surface area (Å²) in [6, 6.07) is 16.8. The number of rotatable bonds is 11. The first-order valence-corrected chi connectivity index (χ1v) is 15.3. The number of carbonyl (C=O) groups excluding carboxylic acids is 2. The molecule has 0 radical (unpaired) electrons. The van der Waals surface area contributed by atoms with Crippen LogP contribution in [-0.4, -0.2) is 71.9 Å². The van der Waals surface area contributed by atoms with E-state index in [0.717, 1.165) is 70.6 Å². The highest BCUT2D eigenvalue weighted by atomic mass is 16.2. The minimum absolute atomic E-state index is 0.0628. The highest BCUT2D eigenvalue weighted by molar-refractivity contribution is 6.04. The smallest absolute Gasteiger partial charge is 0.319 e. The van der Waals surface area contributed by atoms with Crippen LogP contribution in [0, 0.1) is 5.92 Å². The molecule has 40 heavy (non-hydrogen) atoms. The van der Waals surface area contributed by atoms with Gasteiger partial charge in [-0.3, -0.25) is 4.79 Å². The maximum absolute atomic E-state index is 12.9. The van der Waals surface area contributed by atoms with Gasteiger partial charge in [0.05, 0.1) is 0 Å². The summed E-state index contributed by atoms with van der Waals surface area (Å²) in [5, 5.41) is 3.09. The van der Waals surface area contributed by atoms with Crippen molar-refractivity contribution >= 4 is 17.6 Å². The van der Waals surface area contributed by atoms with Crippen molar-refractivity contribution in [3.8, 4) is 0 Å². The second kappa shape index (κ2) is 14.7. The SMILES string of the molecule is CCCN(CC1CCN(C(=O)N(CC)CC)CC1)C(C)Cc1cccc(NC(=O)c2ccc(C(C)(C)C)cc2)c1. The zero-order valence-electron chi connectivity index (χ0n) is 26.0.